The molecule has 20 heavy (non-hydrogen) atoms. The number of thiazole rings is 1. The number of amides is 1. The van der Waals surface area contributed by atoms with Crippen molar-refractivity contribution in [3.63, 3.8) is 0 Å². The minimum Gasteiger partial charge on any atom is -0.383 e. The molecule has 1 N–H and O–H groups in total. The van der Waals surface area contributed by atoms with Gasteiger partial charge in [0.05, 0.1) is 12.3 Å². The molecule has 0 saturated heterocycles. The molecule has 0 radical (unpaired) electrons. The Morgan fingerprint density at radius 3 is 2.70 bits per heavy atom. The van der Waals surface area contributed by atoms with Gasteiger partial charge in [-0.15, -0.1) is 0 Å². The van der Waals surface area contributed by atoms with Crippen molar-refractivity contribution >= 4 is 32.4 Å². The van der Waals surface area contributed by atoms with Crippen molar-refractivity contribution in [1.82, 2.24) is 9.29 Å². The molecule has 0 aliphatic carbocycles. The van der Waals surface area contributed by atoms with E-state index in [-0.39, 0.29) is 16.7 Å². The van der Waals surface area contributed by atoms with Gasteiger partial charge in [0.15, 0.2) is 9.34 Å². The van der Waals surface area contributed by atoms with E-state index in [0.717, 1.165) is 11.3 Å². The second-order valence-corrected chi connectivity index (χ2v) is 7.35. The summed E-state index contributed by atoms with van der Waals surface area (Å²) in [6, 6.07) is 0. The van der Waals surface area contributed by atoms with Crippen LogP contribution in [-0.2, 0) is 19.6 Å². The van der Waals surface area contributed by atoms with Crippen LogP contribution < -0.4 is 5.32 Å². The molecule has 7 nitrogen and oxygen atoms in total. The first-order valence-electron chi connectivity index (χ1n) is 6.05. The predicted molar refractivity (Wildman–Crippen MR) is 77.5 cm³/mol. The average molecular weight is 321 g/mol. The van der Waals surface area contributed by atoms with Crippen LogP contribution in [0.15, 0.2) is 4.21 Å². The Balaban J connectivity index is 2.98. The number of hydrogen-bond donors (Lipinski definition) is 1. The van der Waals surface area contributed by atoms with E-state index in [1.165, 1.54) is 18.5 Å². The quantitative estimate of drug-likeness (QED) is 0.811. The number of aromatic nitrogens is 1. The van der Waals surface area contributed by atoms with Crippen molar-refractivity contribution in [3.05, 3.63) is 5.69 Å². The summed E-state index contributed by atoms with van der Waals surface area (Å²) in [5, 5.41) is 2.87. The molecule has 0 bridgehead atoms. The molecule has 9 heteroatoms. The maximum Gasteiger partial charge on any atom is 0.254 e. The monoisotopic (exact) mass is 321 g/mol. The van der Waals surface area contributed by atoms with E-state index in [4.69, 9.17) is 4.74 Å². The minimum atomic E-state index is -3.61. The molecule has 0 fully saturated rings. The Labute approximate surface area is 123 Å². The van der Waals surface area contributed by atoms with Gasteiger partial charge in [-0.25, -0.2) is 13.4 Å². The zero-order chi connectivity index (χ0) is 15.3. The van der Waals surface area contributed by atoms with E-state index in [9.17, 15) is 13.2 Å². The lowest BCUT2D eigenvalue weighted by atomic mass is 10.5. The predicted octanol–water partition coefficient (Wildman–Crippen LogP) is 1.07. The van der Waals surface area contributed by atoms with Gasteiger partial charge < -0.3 is 10.1 Å². The van der Waals surface area contributed by atoms with Gasteiger partial charge in [-0.3, -0.25) is 4.79 Å². The van der Waals surface area contributed by atoms with Crippen LogP contribution in [0.3, 0.4) is 0 Å². The number of sulfonamides is 1. The third-order valence-electron chi connectivity index (χ3n) is 2.58. The lowest BCUT2D eigenvalue weighted by molar-refractivity contribution is -0.115. The first-order valence-corrected chi connectivity index (χ1v) is 8.31. The van der Waals surface area contributed by atoms with Crippen LogP contribution >= 0.6 is 11.3 Å². The van der Waals surface area contributed by atoms with E-state index >= 15 is 0 Å². The Morgan fingerprint density at radius 2 is 2.15 bits per heavy atom. The number of nitrogens with one attached hydrogen (secondary N) is 1. The second kappa shape index (κ2) is 7.11. The zero-order valence-electron chi connectivity index (χ0n) is 12.0. The van der Waals surface area contributed by atoms with Crippen molar-refractivity contribution in [3.8, 4) is 0 Å². The number of methoxy groups -OCH3 is 1. The summed E-state index contributed by atoms with van der Waals surface area (Å²) in [5.41, 5.74) is 0.380. The summed E-state index contributed by atoms with van der Waals surface area (Å²) in [7, 11) is -0.611. The summed E-state index contributed by atoms with van der Waals surface area (Å²) in [5.74, 6) is -0.199. The topological polar surface area (TPSA) is 88.6 Å². The molecule has 0 atom stereocenters. The van der Waals surface area contributed by atoms with Crippen molar-refractivity contribution < 1.29 is 17.9 Å². The number of aryl methyl sites for hydroxylation is 1. The van der Waals surface area contributed by atoms with E-state index in [1.54, 1.807) is 13.8 Å². The highest BCUT2D eigenvalue weighted by Crippen LogP contribution is 2.29. The standard InChI is InChI=1S/C11H19N3O4S2/c1-5-9(15)13-11-12-8(2)10(19-11)20(16,17)14(3)6-7-18-4/h5-7H2,1-4H3,(H,12,13,15). The fourth-order valence-electron chi connectivity index (χ4n) is 1.36. The average Bonchev–Trinajstić information content (AvgIpc) is 2.77. The molecule has 0 aromatic carbocycles. The number of ether oxygens (including phenoxy) is 1. The smallest absolute Gasteiger partial charge is 0.254 e. The number of rotatable bonds is 7. The zero-order valence-corrected chi connectivity index (χ0v) is 13.6. The molecule has 0 spiro atoms. The second-order valence-electron chi connectivity index (χ2n) is 4.11. The Hall–Kier alpha value is -1.03. The van der Waals surface area contributed by atoms with Crippen LogP contribution in [0.1, 0.15) is 19.0 Å². The Bertz CT molecular complexity index is 568. The van der Waals surface area contributed by atoms with E-state index in [2.05, 4.69) is 10.3 Å². The molecule has 1 aromatic rings. The van der Waals surface area contributed by atoms with Gasteiger partial charge in [-0.2, -0.15) is 4.31 Å². The van der Waals surface area contributed by atoms with Crippen LogP contribution in [0.4, 0.5) is 5.13 Å². The third kappa shape index (κ3) is 3.98. The molecular formula is C11H19N3O4S2. The van der Waals surface area contributed by atoms with Gasteiger partial charge in [0.1, 0.15) is 0 Å². The van der Waals surface area contributed by atoms with E-state index in [0.29, 0.717) is 23.9 Å². The number of anilines is 1. The molecule has 114 valence electrons. The molecular weight excluding hydrogens is 302 g/mol. The third-order valence-corrected chi connectivity index (χ3v) is 6.09. The van der Waals surface area contributed by atoms with Gasteiger partial charge in [0.2, 0.25) is 5.91 Å². The molecule has 0 saturated carbocycles. The van der Waals surface area contributed by atoms with Gasteiger partial charge in [-0.1, -0.05) is 18.3 Å². The molecule has 0 unspecified atom stereocenters. The molecule has 0 aliphatic heterocycles. The first kappa shape index (κ1) is 17.0. The molecule has 0 aliphatic rings. The van der Waals surface area contributed by atoms with Crippen molar-refractivity contribution in [2.24, 2.45) is 0 Å². The highest BCUT2D eigenvalue weighted by Gasteiger charge is 2.26. The largest absolute Gasteiger partial charge is 0.383 e. The fraction of sp³-hybridized carbons (Fsp3) is 0.636. The molecule has 1 amide bonds. The molecule has 1 rings (SSSR count). The van der Waals surface area contributed by atoms with Crippen molar-refractivity contribution in [2.75, 3.05) is 32.6 Å². The SMILES string of the molecule is CCC(=O)Nc1nc(C)c(S(=O)(=O)N(C)CCOC)s1. The Morgan fingerprint density at radius 1 is 1.50 bits per heavy atom. The lowest BCUT2D eigenvalue weighted by Gasteiger charge is -2.15. The first-order chi connectivity index (χ1) is 9.32. The minimum absolute atomic E-state index is 0.141. The van der Waals surface area contributed by atoms with Crippen molar-refractivity contribution in [2.45, 2.75) is 24.5 Å². The normalized spacial score (nSPS) is 11.8. The van der Waals surface area contributed by atoms with Gasteiger partial charge >= 0.3 is 0 Å². The van der Waals surface area contributed by atoms with Crippen LogP contribution in [0, 0.1) is 6.92 Å². The van der Waals surface area contributed by atoms with Gasteiger partial charge in [0, 0.05) is 27.1 Å². The molecule has 1 aromatic heterocycles. The Kier molecular flexibility index (Phi) is 6.06. The summed E-state index contributed by atoms with van der Waals surface area (Å²) < 4.78 is 30.9. The van der Waals surface area contributed by atoms with Crippen LogP contribution in [0.2, 0.25) is 0 Å². The van der Waals surface area contributed by atoms with Crippen LogP contribution in [-0.4, -0.2) is 50.9 Å². The van der Waals surface area contributed by atoms with Gasteiger partial charge in [-0.05, 0) is 6.92 Å². The highest BCUT2D eigenvalue weighted by molar-refractivity contribution is 7.91. The maximum atomic E-state index is 12.4. The van der Waals surface area contributed by atoms with Crippen LogP contribution in [0.25, 0.3) is 0 Å². The summed E-state index contributed by atoms with van der Waals surface area (Å²) in [6.45, 7) is 3.89. The number of carbonyl (C=O) groups is 1. The van der Waals surface area contributed by atoms with E-state index < -0.39 is 10.0 Å². The van der Waals surface area contributed by atoms with Crippen LogP contribution in [0.5, 0.6) is 0 Å². The van der Waals surface area contributed by atoms with Crippen molar-refractivity contribution in [1.29, 1.82) is 0 Å². The number of carbonyl (C=O) groups excluding carboxylic acids is 1. The summed E-state index contributed by atoms with van der Waals surface area (Å²) in [4.78, 5) is 15.4. The lowest BCUT2D eigenvalue weighted by Crippen LogP contribution is -2.29. The highest BCUT2D eigenvalue weighted by atomic mass is 32.2. The van der Waals surface area contributed by atoms with E-state index in [1.807, 2.05) is 0 Å². The number of nitrogens with zero attached hydrogens (tertiary/aromatic N) is 2. The maximum absolute atomic E-state index is 12.4. The molecule has 1 heterocycles. The number of hydrogen-bond acceptors (Lipinski definition) is 6. The summed E-state index contributed by atoms with van der Waals surface area (Å²) >= 11 is 0.958. The number of likely N-dealkylation sites (N-methyl/N-ethyl adjacent to an activating group) is 1. The van der Waals surface area contributed by atoms with Gasteiger partial charge in [0.25, 0.3) is 10.0 Å². The fourth-order valence-corrected chi connectivity index (χ4v) is 4.14. The summed E-state index contributed by atoms with van der Waals surface area (Å²) in [6.07, 6.45) is 0.314.